The lowest BCUT2D eigenvalue weighted by Gasteiger charge is -2.20. The van der Waals surface area contributed by atoms with E-state index in [9.17, 15) is 0 Å². The molecule has 0 saturated carbocycles. The maximum absolute atomic E-state index is 4.50. The number of hydrogen-bond donors (Lipinski definition) is 2. The first-order valence-corrected chi connectivity index (χ1v) is 7.04. The summed E-state index contributed by atoms with van der Waals surface area (Å²) >= 11 is 0. The van der Waals surface area contributed by atoms with Crippen LogP contribution in [-0.4, -0.2) is 43.2 Å². The van der Waals surface area contributed by atoms with Gasteiger partial charge in [0.1, 0.15) is 17.5 Å². The molecule has 0 spiro atoms. The molecule has 2 N–H and O–H groups in total. The molecular weight excluding hydrogens is 238 g/mol. The number of aryl methyl sites for hydroxylation is 1. The molecule has 1 heterocycles. The standard InChI is InChI=1S/C14H27N5/c1-6-11(2)16-13-10-14(18-12(3)17-13)19(5)9-7-8-15-4/h10-11,15H,6-9H2,1-5H3,(H,16,17,18). The molecule has 0 radical (unpaired) electrons. The summed E-state index contributed by atoms with van der Waals surface area (Å²) in [6, 6.07) is 2.45. The second-order valence-corrected chi connectivity index (χ2v) is 4.99. The molecule has 5 heteroatoms. The molecule has 0 aliphatic carbocycles. The van der Waals surface area contributed by atoms with E-state index in [1.165, 1.54) is 0 Å². The van der Waals surface area contributed by atoms with Crippen LogP contribution in [0.25, 0.3) is 0 Å². The average Bonchev–Trinajstić information content (AvgIpc) is 2.38. The predicted octanol–water partition coefficient (Wildman–Crippen LogP) is 2.04. The number of rotatable bonds is 8. The van der Waals surface area contributed by atoms with E-state index in [1.807, 2.05) is 20.0 Å². The molecule has 0 amide bonds. The Balaban J connectivity index is 2.72. The minimum absolute atomic E-state index is 0.428. The van der Waals surface area contributed by atoms with Gasteiger partial charge in [0.25, 0.3) is 0 Å². The van der Waals surface area contributed by atoms with Gasteiger partial charge in [-0.15, -0.1) is 0 Å². The summed E-state index contributed by atoms with van der Waals surface area (Å²) in [6.07, 6.45) is 2.18. The van der Waals surface area contributed by atoms with Gasteiger partial charge in [-0.3, -0.25) is 0 Å². The number of nitrogens with one attached hydrogen (secondary N) is 2. The molecule has 19 heavy (non-hydrogen) atoms. The molecular formula is C14H27N5. The molecule has 1 aromatic rings. The fourth-order valence-electron chi connectivity index (χ4n) is 1.78. The summed E-state index contributed by atoms with van der Waals surface area (Å²) in [5, 5.41) is 6.56. The zero-order chi connectivity index (χ0) is 14.3. The zero-order valence-electron chi connectivity index (χ0n) is 12.8. The molecule has 5 nitrogen and oxygen atoms in total. The van der Waals surface area contributed by atoms with E-state index < -0.39 is 0 Å². The fraction of sp³-hybridized carbons (Fsp3) is 0.714. The number of anilines is 2. The van der Waals surface area contributed by atoms with Crippen LogP contribution in [0.5, 0.6) is 0 Å². The largest absolute Gasteiger partial charge is 0.367 e. The van der Waals surface area contributed by atoms with Crippen molar-refractivity contribution in [1.29, 1.82) is 0 Å². The molecule has 0 aliphatic rings. The molecule has 108 valence electrons. The topological polar surface area (TPSA) is 53.1 Å². The molecule has 1 rings (SSSR count). The van der Waals surface area contributed by atoms with Crippen molar-refractivity contribution < 1.29 is 0 Å². The van der Waals surface area contributed by atoms with E-state index in [1.54, 1.807) is 0 Å². The third kappa shape index (κ3) is 5.42. The molecule has 1 atom stereocenters. The second kappa shape index (κ2) is 7.94. The highest BCUT2D eigenvalue weighted by Crippen LogP contribution is 2.16. The van der Waals surface area contributed by atoms with E-state index in [0.717, 1.165) is 43.4 Å². The van der Waals surface area contributed by atoms with Gasteiger partial charge >= 0.3 is 0 Å². The Morgan fingerprint density at radius 1 is 1.37 bits per heavy atom. The lowest BCUT2D eigenvalue weighted by molar-refractivity contribution is 0.707. The van der Waals surface area contributed by atoms with E-state index in [4.69, 9.17) is 0 Å². The Bertz CT molecular complexity index is 380. The Morgan fingerprint density at radius 3 is 2.74 bits per heavy atom. The first-order valence-electron chi connectivity index (χ1n) is 7.04. The van der Waals surface area contributed by atoms with E-state index in [2.05, 4.69) is 46.4 Å². The monoisotopic (exact) mass is 265 g/mol. The molecule has 0 aromatic carbocycles. The summed E-state index contributed by atoms with van der Waals surface area (Å²) in [5.41, 5.74) is 0. The van der Waals surface area contributed by atoms with Crippen LogP contribution in [0.3, 0.4) is 0 Å². The molecule has 0 fully saturated rings. The van der Waals surface area contributed by atoms with Gasteiger partial charge in [-0.05, 0) is 40.3 Å². The Morgan fingerprint density at radius 2 is 2.11 bits per heavy atom. The zero-order valence-corrected chi connectivity index (χ0v) is 12.8. The maximum Gasteiger partial charge on any atom is 0.134 e. The van der Waals surface area contributed by atoms with Crippen LogP contribution in [0, 0.1) is 6.92 Å². The minimum Gasteiger partial charge on any atom is -0.367 e. The van der Waals surface area contributed by atoms with Crippen molar-refractivity contribution in [1.82, 2.24) is 15.3 Å². The third-order valence-corrected chi connectivity index (χ3v) is 3.14. The summed E-state index contributed by atoms with van der Waals surface area (Å²) in [7, 11) is 4.05. The molecule has 0 saturated heterocycles. The van der Waals surface area contributed by atoms with Gasteiger partial charge in [0.05, 0.1) is 0 Å². The van der Waals surface area contributed by atoms with Crippen LogP contribution in [0.1, 0.15) is 32.5 Å². The van der Waals surface area contributed by atoms with Crippen LogP contribution < -0.4 is 15.5 Å². The Hall–Kier alpha value is -1.36. The average molecular weight is 265 g/mol. The Kier molecular flexibility index (Phi) is 6.56. The third-order valence-electron chi connectivity index (χ3n) is 3.14. The van der Waals surface area contributed by atoms with Crippen molar-refractivity contribution in [3.63, 3.8) is 0 Å². The van der Waals surface area contributed by atoms with Gasteiger partial charge < -0.3 is 15.5 Å². The van der Waals surface area contributed by atoms with Crippen LogP contribution in [0.15, 0.2) is 6.07 Å². The fourth-order valence-corrected chi connectivity index (χ4v) is 1.78. The van der Waals surface area contributed by atoms with Crippen molar-refractivity contribution in [2.75, 3.05) is 37.4 Å². The van der Waals surface area contributed by atoms with E-state index >= 15 is 0 Å². The molecule has 0 aliphatic heterocycles. The van der Waals surface area contributed by atoms with Crippen molar-refractivity contribution in [3.05, 3.63) is 11.9 Å². The summed E-state index contributed by atoms with van der Waals surface area (Å²) < 4.78 is 0. The highest BCUT2D eigenvalue weighted by Gasteiger charge is 2.07. The normalized spacial score (nSPS) is 12.3. The van der Waals surface area contributed by atoms with Gasteiger partial charge in [0.15, 0.2) is 0 Å². The first kappa shape index (κ1) is 15.7. The SMILES string of the molecule is CCC(C)Nc1cc(N(C)CCCNC)nc(C)n1. The summed E-state index contributed by atoms with van der Waals surface area (Å²) in [6.45, 7) is 8.27. The molecule has 0 bridgehead atoms. The highest BCUT2D eigenvalue weighted by atomic mass is 15.2. The predicted molar refractivity (Wildman–Crippen MR) is 82.0 cm³/mol. The lowest BCUT2D eigenvalue weighted by atomic mass is 10.2. The molecule has 1 unspecified atom stereocenters. The van der Waals surface area contributed by atoms with Gasteiger partial charge in [0, 0.05) is 25.7 Å². The number of nitrogens with zero attached hydrogens (tertiary/aromatic N) is 3. The second-order valence-electron chi connectivity index (χ2n) is 4.99. The minimum atomic E-state index is 0.428. The summed E-state index contributed by atoms with van der Waals surface area (Å²) in [4.78, 5) is 11.1. The van der Waals surface area contributed by atoms with E-state index in [-0.39, 0.29) is 0 Å². The lowest BCUT2D eigenvalue weighted by Crippen LogP contribution is -2.24. The van der Waals surface area contributed by atoms with Crippen molar-refractivity contribution >= 4 is 11.6 Å². The van der Waals surface area contributed by atoms with Crippen molar-refractivity contribution in [2.24, 2.45) is 0 Å². The number of hydrogen-bond acceptors (Lipinski definition) is 5. The first-order chi connectivity index (χ1) is 9.06. The van der Waals surface area contributed by atoms with Crippen LogP contribution in [0.2, 0.25) is 0 Å². The van der Waals surface area contributed by atoms with Crippen LogP contribution in [0.4, 0.5) is 11.6 Å². The van der Waals surface area contributed by atoms with Crippen LogP contribution in [-0.2, 0) is 0 Å². The smallest absolute Gasteiger partial charge is 0.134 e. The maximum atomic E-state index is 4.50. The highest BCUT2D eigenvalue weighted by molar-refractivity contribution is 5.49. The van der Waals surface area contributed by atoms with Crippen LogP contribution >= 0.6 is 0 Å². The van der Waals surface area contributed by atoms with Gasteiger partial charge in [-0.2, -0.15) is 0 Å². The van der Waals surface area contributed by atoms with Crippen molar-refractivity contribution in [2.45, 2.75) is 39.7 Å². The quantitative estimate of drug-likeness (QED) is 0.705. The van der Waals surface area contributed by atoms with Crippen molar-refractivity contribution in [3.8, 4) is 0 Å². The van der Waals surface area contributed by atoms with Gasteiger partial charge in [0.2, 0.25) is 0 Å². The van der Waals surface area contributed by atoms with E-state index in [0.29, 0.717) is 6.04 Å². The van der Waals surface area contributed by atoms with Gasteiger partial charge in [-0.25, -0.2) is 9.97 Å². The summed E-state index contributed by atoms with van der Waals surface area (Å²) in [5.74, 6) is 2.70. The molecule has 1 aromatic heterocycles. The Labute approximate surface area is 116 Å². The van der Waals surface area contributed by atoms with Gasteiger partial charge in [-0.1, -0.05) is 6.92 Å². The number of aromatic nitrogens is 2.